The van der Waals surface area contributed by atoms with E-state index in [1.54, 1.807) is 49.6 Å². The highest BCUT2D eigenvalue weighted by atomic mass is 127. The van der Waals surface area contributed by atoms with Crippen LogP contribution in [0.5, 0.6) is 11.5 Å². The lowest BCUT2D eigenvalue weighted by Gasteiger charge is -2.13. The Bertz CT molecular complexity index is 795. The van der Waals surface area contributed by atoms with Gasteiger partial charge in [-0.1, -0.05) is 13.0 Å². The highest BCUT2D eigenvalue weighted by molar-refractivity contribution is 14.1. The number of amides is 2. The van der Waals surface area contributed by atoms with Gasteiger partial charge in [0.1, 0.15) is 11.5 Å². The van der Waals surface area contributed by atoms with E-state index in [4.69, 9.17) is 9.47 Å². The van der Waals surface area contributed by atoms with Crippen molar-refractivity contribution in [1.82, 2.24) is 10.9 Å². The second-order valence-corrected chi connectivity index (χ2v) is 6.78. The second kappa shape index (κ2) is 9.42. The number of benzene rings is 2. The minimum atomic E-state index is -0.420. The van der Waals surface area contributed by atoms with E-state index in [-0.39, 0.29) is 6.10 Å². The third-order valence-electron chi connectivity index (χ3n) is 3.71. The van der Waals surface area contributed by atoms with Crippen LogP contribution in [0.1, 0.15) is 41.0 Å². The molecule has 0 aromatic heterocycles. The molecule has 6 nitrogen and oxygen atoms in total. The van der Waals surface area contributed by atoms with Gasteiger partial charge >= 0.3 is 0 Å². The molecule has 0 aliphatic heterocycles. The molecule has 2 aromatic rings. The standard InChI is InChI=1S/C19H21IN2O4/c1-4-12(2)26-15-7-5-6-13(10-15)18(23)21-22-19(24)14-8-9-17(25-3)16(20)11-14/h5-12H,4H2,1-3H3,(H,21,23)(H,22,24). The molecule has 138 valence electrons. The number of rotatable bonds is 6. The van der Waals surface area contributed by atoms with Gasteiger partial charge in [-0.05, 0) is 72.3 Å². The monoisotopic (exact) mass is 468 g/mol. The van der Waals surface area contributed by atoms with Gasteiger partial charge in [-0.15, -0.1) is 0 Å². The van der Waals surface area contributed by atoms with Gasteiger partial charge in [0.25, 0.3) is 11.8 Å². The Morgan fingerprint density at radius 2 is 1.73 bits per heavy atom. The molecule has 26 heavy (non-hydrogen) atoms. The molecular formula is C19H21IN2O4. The molecule has 1 atom stereocenters. The van der Waals surface area contributed by atoms with Crippen molar-refractivity contribution < 1.29 is 19.1 Å². The van der Waals surface area contributed by atoms with E-state index in [1.165, 1.54) is 0 Å². The molecule has 2 amide bonds. The average molecular weight is 468 g/mol. The minimum Gasteiger partial charge on any atom is -0.496 e. The molecule has 1 unspecified atom stereocenters. The number of methoxy groups -OCH3 is 1. The van der Waals surface area contributed by atoms with E-state index in [1.807, 2.05) is 13.8 Å². The van der Waals surface area contributed by atoms with Gasteiger partial charge in [0, 0.05) is 11.1 Å². The maximum atomic E-state index is 12.3. The van der Waals surface area contributed by atoms with Crippen molar-refractivity contribution in [2.45, 2.75) is 26.4 Å². The number of halogens is 1. The Kier molecular flexibility index (Phi) is 7.26. The van der Waals surface area contributed by atoms with Gasteiger partial charge in [-0.2, -0.15) is 0 Å². The zero-order valence-electron chi connectivity index (χ0n) is 14.8. The smallest absolute Gasteiger partial charge is 0.269 e. The quantitative estimate of drug-likeness (QED) is 0.503. The van der Waals surface area contributed by atoms with Crippen molar-refractivity contribution in [2.24, 2.45) is 0 Å². The maximum absolute atomic E-state index is 12.3. The van der Waals surface area contributed by atoms with Crippen molar-refractivity contribution in [3.63, 3.8) is 0 Å². The van der Waals surface area contributed by atoms with Crippen molar-refractivity contribution >= 4 is 34.4 Å². The van der Waals surface area contributed by atoms with E-state index in [9.17, 15) is 9.59 Å². The zero-order valence-corrected chi connectivity index (χ0v) is 17.0. The maximum Gasteiger partial charge on any atom is 0.269 e. The van der Waals surface area contributed by atoms with Crippen LogP contribution in [-0.4, -0.2) is 25.0 Å². The molecule has 7 heteroatoms. The summed E-state index contributed by atoms with van der Waals surface area (Å²) in [6, 6.07) is 11.8. The Balaban J connectivity index is 1.98. The van der Waals surface area contributed by atoms with E-state index < -0.39 is 11.8 Å². The fourth-order valence-corrected chi connectivity index (χ4v) is 2.83. The summed E-state index contributed by atoms with van der Waals surface area (Å²) in [6.45, 7) is 3.99. The lowest BCUT2D eigenvalue weighted by Crippen LogP contribution is -2.41. The summed E-state index contributed by atoms with van der Waals surface area (Å²) in [5, 5.41) is 0. The molecule has 0 spiro atoms. The topological polar surface area (TPSA) is 76.7 Å². The first-order valence-corrected chi connectivity index (χ1v) is 9.23. The van der Waals surface area contributed by atoms with Gasteiger partial charge in [-0.3, -0.25) is 20.4 Å². The molecule has 0 saturated heterocycles. The third kappa shape index (κ3) is 5.35. The lowest BCUT2D eigenvalue weighted by molar-refractivity contribution is 0.0846. The van der Waals surface area contributed by atoms with E-state index >= 15 is 0 Å². The van der Waals surface area contributed by atoms with Crippen LogP contribution in [0.15, 0.2) is 42.5 Å². The number of hydrogen-bond donors (Lipinski definition) is 2. The largest absolute Gasteiger partial charge is 0.496 e. The fourth-order valence-electron chi connectivity index (χ4n) is 2.09. The molecule has 2 aromatic carbocycles. The predicted molar refractivity (Wildman–Crippen MR) is 107 cm³/mol. The summed E-state index contributed by atoms with van der Waals surface area (Å²) in [5.41, 5.74) is 5.64. The van der Waals surface area contributed by atoms with E-state index in [0.29, 0.717) is 22.6 Å². The number of hydrazine groups is 1. The van der Waals surface area contributed by atoms with Crippen LogP contribution in [0.2, 0.25) is 0 Å². The van der Waals surface area contributed by atoms with Gasteiger partial charge in [0.2, 0.25) is 0 Å². The van der Waals surface area contributed by atoms with Crippen LogP contribution >= 0.6 is 22.6 Å². The normalized spacial score (nSPS) is 11.4. The molecule has 0 aliphatic rings. The van der Waals surface area contributed by atoms with Crippen LogP contribution in [-0.2, 0) is 0 Å². The first-order chi connectivity index (χ1) is 12.4. The van der Waals surface area contributed by atoms with Crippen LogP contribution in [0.4, 0.5) is 0 Å². The number of nitrogens with one attached hydrogen (secondary N) is 2. The highest BCUT2D eigenvalue weighted by Gasteiger charge is 2.12. The van der Waals surface area contributed by atoms with Crippen molar-refractivity contribution in [2.75, 3.05) is 7.11 Å². The number of ether oxygens (including phenoxy) is 2. The van der Waals surface area contributed by atoms with Gasteiger partial charge < -0.3 is 9.47 Å². The molecule has 0 heterocycles. The third-order valence-corrected chi connectivity index (χ3v) is 4.55. The molecule has 2 N–H and O–H groups in total. The van der Waals surface area contributed by atoms with Crippen LogP contribution in [0.25, 0.3) is 0 Å². The molecule has 0 bridgehead atoms. The Labute approximate surface area is 166 Å². The summed E-state index contributed by atoms with van der Waals surface area (Å²) < 4.78 is 11.7. The summed E-state index contributed by atoms with van der Waals surface area (Å²) >= 11 is 2.08. The van der Waals surface area contributed by atoms with Crippen molar-refractivity contribution in [1.29, 1.82) is 0 Å². The molecule has 0 fully saturated rings. The molecule has 0 saturated carbocycles. The first kappa shape index (κ1) is 20.0. The molecule has 2 rings (SSSR count). The van der Waals surface area contributed by atoms with Gasteiger partial charge in [-0.25, -0.2) is 0 Å². The average Bonchev–Trinajstić information content (AvgIpc) is 2.65. The molecular weight excluding hydrogens is 447 g/mol. The summed E-state index contributed by atoms with van der Waals surface area (Å²) in [5.74, 6) is 0.467. The van der Waals surface area contributed by atoms with E-state index in [0.717, 1.165) is 9.99 Å². The van der Waals surface area contributed by atoms with Crippen LogP contribution < -0.4 is 20.3 Å². The van der Waals surface area contributed by atoms with Crippen molar-refractivity contribution in [3.05, 3.63) is 57.2 Å². The summed E-state index contributed by atoms with van der Waals surface area (Å²) in [4.78, 5) is 24.4. The Morgan fingerprint density at radius 3 is 2.31 bits per heavy atom. The van der Waals surface area contributed by atoms with E-state index in [2.05, 4.69) is 33.4 Å². The number of hydrogen-bond acceptors (Lipinski definition) is 4. The predicted octanol–water partition coefficient (Wildman–Crippen LogP) is 3.55. The first-order valence-electron chi connectivity index (χ1n) is 8.15. The lowest BCUT2D eigenvalue weighted by atomic mass is 10.2. The van der Waals surface area contributed by atoms with Crippen LogP contribution in [0.3, 0.4) is 0 Å². The van der Waals surface area contributed by atoms with Gasteiger partial charge in [0.05, 0.1) is 16.8 Å². The summed E-state index contributed by atoms with van der Waals surface area (Å²) in [7, 11) is 1.57. The SMILES string of the molecule is CCC(C)Oc1cccc(C(=O)NNC(=O)c2ccc(OC)c(I)c2)c1. The Morgan fingerprint density at radius 1 is 1.08 bits per heavy atom. The fraction of sp³-hybridized carbons (Fsp3) is 0.263. The van der Waals surface area contributed by atoms with Crippen molar-refractivity contribution in [3.8, 4) is 11.5 Å². The molecule has 0 radical (unpaired) electrons. The molecule has 0 aliphatic carbocycles. The highest BCUT2D eigenvalue weighted by Crippen LogP contribution is 2.21. The van der Waals surface area contributed by atoms with Crippen LogP contribution in [0, 0.1) is 3.57 Å². The minimum absolute atomic E-state index is 0.0607. The Hall–Kier alpha value is -2.29. The summed E-state index contributed by atoms with van der Waals surface area (Å²) in [6.07, 6.45) is 0.929. The number of carbonyl (C=O) groups is 2. The second-order valence-electron chi connectivity index (χ2n) is 5.62. The van der Waals surface area contributed by atoms with Gasteiger partial charge in [0.15, 0.2) is 0 Å². The number of carbonyl (C=O) groups excluding carboxylic acids is 2. The zero-order chi connectivity index (χ0) is 19.1.